The van der Waals surface area contributed by atoms with Gasteiger partial charge < -0.3 is 5.32 Å². The third-order valence-electron chi connectivity index (χ3n) is 2.32. The molecule has 0 radical (unpaired) electrons. The van der Waals surface area contributed by atoms with Crippen molar-refractivity contribution in [3.8, 4) is 0 Å². The van der Waals surface area contributed by atoms with E-state index in [4.69, 9.17) is 0 Å². The number of H-pyrrole nitrogens is 1. The van der Waals surface area contributed by atoms with Crippen LogP contribution in [0.4, 0.5) is 13.2 Å². The first-order chi connectivity index (χ1) is 8.33. The summed E-state index contributed by atoms with van der Waals surface area (Å²) in [6.45, 7) is 0.709. The molecule has 102 valence electrons. The number of halogens is 3. The molecule has 0 aromatic carbocycles. The monoisotopic (exact) mass is 265 g/mol. The molecule has 1 rings (SSSR count). The molecule has 1 aromatic rings. The summed E-state index contributed by atoms with van der Waals surface area (Å²) in [4.78, 5) is 24.7. The molecule has 18 heavy (non-hydrogen) atoms. The second-order valence-electron chi connectivity index (χ2n) is 3.75. The fourth-order valence-electron chi connectivity index (χ4n) is 1.40. The van der Waals surface area contributed by atoms with Gasteiger partial charge in [-0.15, -0.1) is 0 Å². The molecule has 0 unspecified atom stereocenters. The minimum atomic E-state index is -4.27. The lowest BCUT2D eigenvalue weighted by molar-refractivity contribution is -0.124. The maximum Gasteiger partial charge on any atom is 0.401 e. The van der Waals surface area contributed by atoms with Crippen LogP contribution in [-0.2, 0) is 13.0 Å². The highest BCUT2D eigenvalue weighted by atomic mass is 19.4. The molecule has 0 aliphatic rings. The van der Waals surface area contributed by atoms with E-state index in [-0.39, 0.29) is 13.1 Å². The highest BCUT2D eigenvalue weighted by molar-refractivity contribution is 5.03. The summed E-state index contributed by atoms with van der Waals surface area (Å²) in [5, 5.41) is 2.18. The number of nitrogens with one attached hydrogen (secondary N) is 2. The quantitative estimate of drug-likeness (QED) is 0.750. The third-order valence-corrected chi connectivity index (χ3v) is 2.32. The molecule has 8 heteroatoms. The first kappa shape index (κ1) is 14.5. The average molecular weight is 265 g/mol. The lowest BCUT2D eigenvalue weighted by atomic mass is 10.3. The number of hydrogen-bond donors (Lipinski definition) is 2. The van der Waals surface area contributed by atoms with Gasteiger partial charge in [-0.05, 0) is 6.42 Å². The van der Waals surface area contributed by atoms with Crippen LogP contribution in [0.1, 0.15) is 12.5 Å². The highest BCUT2D eigenvalue weighted by Gasteiger charge is 2.25. The Bertz CT molecular complexity index is 504. The molecular weight excluding hydrogens is 251 g/mol. The molecule has 0 amide bonds. The van der Waals surface area contributed by atoms with Crippen LogP contribution in [0.5, 0.6) is 0 Å². The normalized spacial score (nSPS) is 11.8. The van der Waals surface area contributed by atoms with Crippen LogP contribution in [0.25, 0.3) is 0 Å². The summed E-state index contributed by atoms with van der Waals surface area (Å²) in [6.07, 6.45) is -2.45. The van der Waals surface area contributed by atoms with Crippen molar-refractivity contribution in [2.45, 2.75) is 26.1 Å². The summed E-state index contributed by atoms with van der Waals surface area (Å²) >= 11 is 0. The standard InChI is InChI=1S/C10H14F3N3O2/c1-2-7-5-16(9(18)15-8(7)17)4-3-14-6-10(11,12)13/h5,14H,2-4,6H2,1H3,(H,15,17,18). The van der Waals surface area contributed by atoms with Crippen molar-refractivity contribution in [2.75, 3.05) is 13.1 Å². The fraction of sp³-hybridized carbons (Fsp3) is 0.600. The van der Waals surface area contributed by atoms with Crippen molar-refractivity contribution in [1.29, 1.82) is 0 Å². The molecule has 0 aliphatic heterocycles. The summed E-state index contributed by atoms with van der Waals surface area (Å²) in [6, 6.07) is 0. The molecule has 1 heterocycles. The van der Waals surface area contributed by atoms with Gasteiger partial charge in [0.1, 0.15) is 0 Å². The van der Waals surface area contributed by atoms with Crippen LogP contribution >= 0.6 is 0 Å². The molecule has 1 aromatic heterocycles. The molecular formula is C10H14F3N3O2. The molecule has 0 saturated heterocycles. The van der Waals surface area contributed by atoms with Crippen molar-refractivity contribution in [1.82, 2.24) is 14.9 Å². The number of hydrogen-bond acceptors (Lipinski definition) is 3. The lowest BCUT2D eigenvalue weighted by Crippen LogP contribution is -2.36. The Morgan fingerprint density at radius 3 is 2.61 bits per heavy atom. The van der Waals surface area contributed by atoms with E-state index in [2.05, 4.69) is 10.3 Å². The largest absolute Gasteiger partial charge is 0.401 e. The zero-order valence-electron chi connectivity index (χ0n) is 9.80. The van der Waals surface area contributed by atoms with Gasteiger partial charge in [-0.1, -0.05) is 6.92 Å². The Kier molecular flexibility index (Phi) is 4.71. The minimum Gasteiger partial charge on any atom is -0.307 e. The van der Waals surface area contributed by atoms with Crippen LogP contribution in [0, 0.1) is 0 Å². The minimum absolute atomic E-state index is 0.00534. The van der Waals surface area contributed by atoms with E-state index in [9.17, 15) is 22.8 Å². The Hall–Kier alpha value is -1.57. The number of nitrogens with zero attached hydrogens (tertiary/aromatic N) is 1. The molecule has 0 fully saturated rings. The topological polar surface area (TPSA) is 66.9 Å². The smallest absolute Gasteiger partial charge is 0.307 e. The summed E-state index contributed by atoms with van der Waals surface area (Å²) < 4.78 is 36.7. The predicted octanol–water partition coefficient (Wildman–Crippen LogP) is 0.251. The van der Waals surface area contributed by atoms with Gasteiger partial charge in [0, 0.05) is 24.8 Å². The maximum absolute atomic E-state index is 11.9. The zero-order chi connectivity index (χ0) is 13.8. The molecule has 0 spiro atoms. The number of rotatable bonds is 5. The van der Waals surface area contributed by atoms with Gasteiger partial charge in [0.2, 0.25) is 0 Å². The van der Waals surface area contributed by atoms with Gasteiger partial charge in [-0.3, -0.25) is 14.3 Å². The molecule has 2 N–H and O–H groups in total. The van der Waals surface area contributed by atoms with E-state index < -0.39 is 24.0 Å². The third kappa shape index (κ3) is 4.36. The van der Waals surface area contributed by atoms with E-state index in [0.717, 1.165) is 0 Å². The van der Waals surface area contributed by atoms with Crippen molar-refractivity contribution in [2.24, 2.45) is 0 Å². The van der Waals surface area contributed by atoms with Gasteiger partial charge in [-0.25, -0.2) is 4.79 Å². The fourth-order valence-corrected chi connectivity index (χ4v) is 1.40. The average Bonchev–Trinajstić information content (AvgIpc) is 2.25. The van der Waals surface area contributed by atoms with Crippen molar-refractivity contribution < 1.29 is 13.2 Å². The number of aromatic nitrogens is 2. The number of aryl methyl sites for hydroxylation is 1. The Morgan fingerprint density at radius 1 is 1.39 bits per heavy atom. The van der Waals surface area contributed by atoms with Crippen LogP contribution in [-0.4, -0.2) is 28.8 Å². The summed E-state index contributed by atoms with van der Waals surface area (Å²) in [5.41, 5.74) is -0.654. The van der Waals surface area contributed by atoms with Crippen LogP contribution in [0.2, 0.25) is 0 Å². The van der Waals surface area contributed by atoms with Crippen LogP contribution in [0.15, 0.2) is 15.8 Å². The second-order valence-corrected chi connectivity index (χ2v) is 3.75. The van der Waals surface area contributed by atoms with Gasteiger partial charge in [-0.2, -0.15) is 13.2 Å². The summed E-state index contributed by atoms with van der Waals surface area (Å²) in [5.74, 6) is 0. The van der Waals surface area contributed by atoms with E-state index in [1.165, 1.54) is 10.8 Å². The molecule has 0 atom stereocenters. The maximum atomic E-state index is 11.9. The Balaban J connectivity index is 2.63. The van der Waals surface area contributed by atoms with Gasteiger partial charge in [0.05, 0.1) is 6.54 Å². The molecule has 0 bridgehead atoms. The molecule has 0 saturated carbocycles. The van der Waals surface area contributed by atoms with E-state index >= 15 is 0 Å². The number of aromatic amines is 1. The number of alkyl halides is 3. The second kappa shape index (κ2) is 5.85. The van der Waals surface area contributed by atoms with Crippen molar-refractivity contribution in [3.63, 3.8) is 0 Å². The Morgan fingerprint density at radius 2 is 2.06 bits per heavy atom. The summed E-state index contributed by atoms with van der Waals surface area (Å²) in [7, 11) is 0. The van der Waals surface area contributed by atoms with Gasteiger partial charge in [0.15, 0.2) is 0 Å². The van der Waals surface area contributed by atoms with Crippen molar-refractivity contribution in [3.05, 3.63) is 32.6 Å². The molecule has 0 aliphatic carbocycles. The SMILES string of the molecule is CCc1cn(CCNCC(F)(F)F)c(=O)[nH]c1=O. The van der Waals surface area contributed by atoms with E-state index in [0.29, 0.717) is 12.0 Å². The van der Waals surface area contributed by atoms with E-state index in [1.54, 1.807) is 6.92 Å². The van der Waals surface area contributed by atoms with Crippen molar-refractivity contribution >= 4 is 0 Å². The first-order valence-corrected chi connectivity index (χ1v) is 5.43. The van der Waals surface area contributed by atoms with Gasteiger partial charge >= 0.3 is 11.9 Å². The van der Waals surface area contributed by atoms with Crippen LogP contribution < -0.4 is 16.6 Å². The predicted molar refractivity (Wildman–Crippen MR) is 59.6 cm³/mol. The zero-order valence-corrected chi connectivity index (χ0v) is 9.80. The van der Waals surface area contributed by atoms with Gasteiger partial charge in [0.25, 0.3) is 5.56 Å². The first-order valence-electron chi connectivity index (χ1n) is 5.43. The van der Waals surface area contributed by atoms with E-state index in [1.807, 2.05) is 0 Å². The highest BCUT2D eigenvalue weighted by Crippen LogP contribution is 2.11. The Labute approximate surface area is 101 Å². The molecule has 5 nitrogen and oxygen atoms in total. The van der Waals surface area contributed by atoms with Crippen LogP contribution in [0.3, 0.4) is 0 Å². The lowest BCUT2D eigenvalue weighted by Gasteiger charge is -2.09.